The number of nitrogens with one attached hydrogen (secondary N) is 1. The molecule has 0 aliphatic carbocycles. The van der Waals surface area contributed by atoms with E-state index in [9.17, 15) is 9.59 Å². The van der Waals surface area contributed by atoms with Crippen molar-refractivity contribution in [2.24, 2.45) is 0 Å². The fourth-order valence-electron chi connectivity index (χ4n) is 1.88. The maximum Gasteiger partial charge on any atom is 0.352 e. The number of carboxylic acid groups (broad SMARTS) is 1. The molecular weight excluding hydrogens is 276 g/mol. The summed E-state index contributed by atoms with van der Waals surface area (Å²) >= 11 is 0. The van der Waals surface area contributed by atoms with E-state index in [1.54, 1.807) is 6.07 Å². The van der Waals surface area contributed by atoms with Crippen molar-refractivity contribution in [3.05, 3.63) is 41.2 Å². The molecule has 2 aromatic rings. The van der Waals surface area contributed by atoms with Gasteiger partial charge in [0.05, 0.1) is 25.5 Å². The molecule has 0 amide bonds. The Balaban J connectivity index is 2.48. The number of rotatable bonds is 5. The molecule has 0 aliphatic heterocycles. The molecule has 0 bridgehead atoms. The Morgan fingerprint density at radius 3 is 2.43 bits per heavy atom. The third kappa shape index (κ3) is 2.66. The molecule has 0 saturated heterocycles. The predicted octanol–water partition coefficient (Wildman–Crippen LogP) is 1.54. The first-order chi connectivity index (χ1) is 9.97. The Kier molecular flexibility index (Phi) is 3.84. The van der Waals surface area contributed by atoms with Crippen LogP contribution in [0.2, 0.25) is 0 Å². The van der Waals surface area contributed by atoms with Gasteiger partial charge < -0.3 is 25.3 Å². The smallest absolute Gasteiger partial charge is 0.352 e. The number of aromatic nitrogens is 1. The average Bonchev–Trinajstić information content (AvgIpc) is 2.97. The number of anilines is 1. The topological polar surface area (TPSA) is 115 Å². The third-order valence-corrected chi connectivity index (χ3v) is 2.99. The largest absolute Gasteiger partial charge is 0.497 e. The van der Waals surface area contributed by atoms with Gasteiger partial charge in [0.25, 0.3) is 0 Å². The number of H-pyrrole nitrogens is 1. The van der Waals surface area contributed by atoms with Crippen LogP contribution in [0.25, 0.3) is 0 Å². The summed E-state index contributed by atoms with van der Waals surface area (Å²) in [4.78, 5) is 25.8. The minimum Gasteiger partial charge on any atom is -0.497 e. The molecule has 21 heavy (non-hydrogen) atoms. The van der Waals surface area contributed by atoms with Crippen molar-refractivity contribution in [3.63, 3.8) is 0 Å². The number of carbonyl (C=O) groups is 2. The minimum atomic E-state index is -1.15. The molecule has 7 heteroatoms. The molecule has 110 valence electrons. The van der Waals surface area contributed by atoms with Crippen LogP contribution < -0.4 is 15.2 Å². The molecule has 1 aromatic carbocycles. The second-order valence-corrected chi connectivity index (χ2v) is 4.23. The van der Waals surface area contributed by atoms with E-state index in [0.29, 0.717) is 11.5 Å². The third-order valence-electron chi connectivity index (χ3n) is 2.99. The molecule has 0 spiro atoms. The maximum atomic E-state index is 12.4. The average molecular weight is 290 g/mol. The lowest BCUT2D eigenvalue weighted by atomic mass is 10.0. The van der Waals surface area contributed by atoms with E-state index in [-0.39, 0.29) is 22.5 Å². The van der Waals surface area contributed by atoms with Gasteiger partial charge >= 0.3 is 5.97 Å². The quantitative estimate of drug-likeness (QED) is 0.568. The van der Waals surface area contributed by atoms with Crippen LogP contribution in [-0.4, -0.2) is 36.1 Å². The van der Waals surface area contributed by atoms with Crippen LogP contribution in [0.15, 0.2) is 24.4 Å². The van der Waals surface area contributed by atoms with Crippen molar-refractivity contribution in [1.82, 2.24) is 4.98 Å². The summed E-state index contributed by atoms with van der Waals surface area (Å²) in [5, 5.41) is 8.86. The minimum absolute atomic E-state index is 0.0771. The number of nitrogen functional groups attached to an aromatic ring is 1. The van der Waals surface area contributed by atoms with Gasteiger partial charge in [-0.3, -0.25) is 4.79 Å². The van der Waals surface area contributed by atoms with Crippen LogP contribution >= 0.6 is 0 Å². The van der Waals surface area contributed by atoms with Gasteiger partial charge in [0, 0.05) is 17.8 Å². The van der Waals surface area contributed by atoms with Crippen molar-refractivity contribution >= 4 is 17.4 Å². The molecule has 2 rings (SSSR count). The zero-order valence-electron chi connectivity index (χ0n) is 11.5. The van der Waals surface area contributed by atoms with Gasteiger partial charge in [-0.2, -0.15) is 0 Å². The van der Waals surface area contributed by atoms with Gasteiger partial charge in [0.15, 0.2) is 5.78 Å². The van der Waals surface area contributed by atoms with Crippen molar-refractivity contribution in [2.45, 2.75) is 0 Å². The van der Waals surface area contributed by atoms with Gasteiger partial charge in [-0.05, 0) is 12.1 Å². The Bertz CT molecular complexity index is 705. The van der Waals surface area contributed by atoms with Gasteiger partial charge in [-0.1, -0.05) is 0 Å². The Morgan fingerprint density at radius 2 is 1.90 bits per heavy atom. The predicted molar refractivity (Wildman–Crippen MR) is 75.1 cm³/mol. The van der Waals surface area contributed by atoms with Gasteiger partial charge in [-0.15, -0.1) is 0 Å². The Morgan fingerprint density at radius 1 is 1.19 bits per heavy atom. The van der Waals surface area contributed by atoms with Crippen molar-refractivity contribution in [1.29, 1.82) is 0 Å². The fourth-order valence-corrected chi connectivity index (χ4v) is 1.88. The lowest BCUT2D eigenvalue weighted by molar-refractivity contribution is 0.0691. The Hall–Kier alpha value is -2.96. The van der Waals surface area contributed by atoms with Crippen LogP contribution in [0.5, 0.6) is 11.5 Å². The summed E-state index contributed by atoms with van der Waals surface area (Å²) < 4.78 is 10.2. The van der Waals surface area contributed by atoms with Crippen molar-refractivity contribution in [3.8, 4) is 11.5 Å². The van der Waals surface area contributed by atoms with Crippen molar-refractivity contribution < 1.29 is 24.2 Å². The molecule has 1 aromatic heterocycles. The maximum absolute atomic E-state index is 12.4. The number of nitrogens with two attached hydrogens (primary N) is 1. The summed E-state index contributed by atoms with van der Waals surface area (Å²) in [6, 6.07) is 4.29. The molecule has 4 N–H and O–H groups in total. The van der Waals surface area contributed by atoms with Crippen LogP contribution in [0.1, 0.15) is 26.4 Å². The number of ether oxygens (including phenoxy) is 2. The molecular formula is C14H14N2O5. The number of carbonyl (C=O) groups excluding carboxylic acids is 1. The van der Waals surface area contributed by atoms with Crippen LogP contribution in [-0.2, 0) is 0 Å². The van der Waals surface area contributed by atoms with Crippen molar-refractivity contribution in [2.75, 3.05) is 20.0 Å². The highest BCUT2D eigenvalue weighted by atomic mass is 16.5. The second-order valence-electron chi connectivity index (χ2n) is 4.23. The summed E-state index contributed by atoms with van der Waals surface area (Å²) in [6.07, 6.45) is 1.32. The number of ketones is 1. The van der Waals surface area contributed by atoms with Crippen LogP contribution in [0, 0.1) is 0 Å². The lowest BCUT2D eigenvalue weighted by Crippen LogP contribution is -2.07. The summed E-state index contributed by atoms with van der Waals surface area (Å²) in [5.41, 5.74) is 6.36. The first-order valence-electron chi connectivity index (χ1n) is 5.95. The molecule has 0 aliphatic rings. The standard InChI is InChI=1S/C14H14N2O5/c1-20-8-4-9(12(15)11(5-8)21-2)13(17)7-3-10(14(18)19)16-6-7/h3-6,16H,15H2,1-2H3,(H,18,19). The van der Waals surface area contributed by atoms with E-state index in [4.69, 9.17) is 20.3 Å². The second kappa shape index (κ2) is 5.58. The highest BCUT2D eigenvalue weighted by molar-refractivity contribution is 6.13. The molecule has 0 saturated carbocycles. The van der Waals surface area contributed by atoms with E-state index in [1.165, 1.54) is 32.5 Å². The molecule has 0 unspecified atom stereocenters. The molecule has 0 radical (unpaired) electrons. The summed E-state index contributed by atoms with van der Waals surface area (Å²) in [6.45, 7) is 0. The zero-order valence-corrected chi connectivity index (χ0v) is 11.5. The number of carboxylic acids is 1. The van der Waals surface area contributed by atoms with E-state index in [2.05, 4.69) is 4.98 Å². The number of aromatic carboxylic acids is 1. The van der Waals surface area contributed by atoms with Crippen LogP contribution in [0.3, 0.4) is 0 Å². The summed E-state index contributed by atoms with van der Waals surface area (Å²) in [7, 11) is 2.89. The highest BCUT2D eigenvalue weighted by Gasteiger charge is 2.19. The van der Waals surface area contributed by atoms with E-state index in [0.717, 1.165) is 0 Å². The molecule has 7 nitrogen and oxygen atoms in total. The highest BCUT2D eigenvalue weighted by Crippen LogP contribution is 2.32. The molecule has 0 atom stereocenters. The van der Waals surface area contributed by atoms with Gasteiger partial charge in [-0.25, -0.2) is 4.79 Å². The fraction of sp³-hybridized carbons (Fsp3) is 0.143. The number of methoxy groups -OCH3 is 2. The van der Waals surface area contributed by atoms with E-state index < -0.39 is 11.8 Å². The molecule has 1 heterocycles. The number of hydrogen-bond acceptors (Lipinski definition) is 5. The normalized spacial score (nSPS) is 10.2. The number of aromatic amines is 1. The number of benzene rings is 1. The lowest BCUT2D eigenvalue weighted by Gasteiger charge is -2.11. The van der Waals surface area contributed by atoms with Gasteiger partial charge in [0.2, 0.25) is 0 Å². The van der Waals surface area contributed by atoms with E-state index >= 15 is 0 Å². The summed E-state index contributed by atoms with van der Waals surface area (Å²) in [5.74, 6) is -0.844. The van der Waals surface area contributed by atoms with E-state index in [1.807, 2.05) is 0 Å². The zero-order chi connectivity index (χ0) is 15.6. The SMILES string of the molecule is COc1cc(OC)c(N)c(C(=O)c2c[nH]c(C(=O)O)c2)c1. The Labute approximate surface area is 120 Å². The monoisotopic (exact) mass is 290 g/mol. The molecule has 0 fully saturated rings. The van der Waals surface area contributed by atoms with Gasteiger partial charge in [0.1, 0.15) is 17.2 Å². The first kappa shape index (κ1) is 14.4. The first-order valence-corrected chi connectivity index (χ1v) is 5.95. The number of hydrogen-bond donors (Lipinski definition) is 3. The van der Waals surface area contributed by atoms with Crippen LogP contribution in [0.4, 0.5) is 5.69 Å².